The lowest BCUT2D eigenvalue weighted by molar-refractivity contribution is -0.305. The minimum atomic E-state index is -1.55. The summed E-state index contributed by atoms with van der Waals surface area (Å²) in [6, 6.07) is 0. The van der Waals surface area contributed by atoms with Crippen molar-refractivity contribution < 1.29 is 44.2 Å². The van der Waals surface area contributed by atoms with Gasteiger partial charge >= 0.3 is 5.97 Å². The van der Waals surface area contributed by atoms with Crippen LogP contribution in [0, 0.1) is 0 Å². The van der Waals surface area contributed by atoms with E-state index >= 15 is 0 Å². The van der Waals surface area contributed by atoms with Crippen LogP contribution in [0.25, 0.3) is 0 Å². The van der Waals surface area contributed by atoms with Crippen molar-refractivity contribution in [2.45, 2.75) is 166 Å². The molecular formula is C45H74O9. The van der Waals surface area contributed by atoms with E-state index < -0.39 is 43.4 Å². The normalized spacial score (nSPS) is 21.8. The first-order valence-electron chi connectivity index (χ1n) is 20.7. The Balaban J connectivity index is 2.35. The molecule has 1 aliphatic heterocycles. The van der Waals surface area contributed by atoms with Crippen LogP contribution < -0.4 is 0 Å². The average Bonchev–Trinajstić information content (AvgIpc) is 3.17. The standard InChI is InChI=1S/C45H74O9/c1-3-5-7-9-11-13-15-17-19-20-21-22-24-26-28-30-32-34-41(47)53-39(38-52-45-44(50)43(49)42(48)40(36-46)54-45)37-51-35-33-31-29-27-25-23-18-16-14-12-10-8-6-4-2/h5-8,11-14,17-19,21-23,39-40,42-46,48-50H,3-4,9-10,15-16,20,24-38H2,1-2H3/b7-5-,8-6-,13-11-,14-12-,19-17-,22-21-,23-18-. The largest absolute Gasteiger partial charge is 0.457 e. The van der Waals surface area contributed by atoms with Crippen molar-refractivity contribution in [1.82, 2.24) is 0 Å². The molecule has 4 N–H and O–H groups in total. The third-order valence-corrected chi connectivity index (χ3v) is 8.81. The number of rotatable bonds is 33. The van der Waals surface area contributed by atoms with Gasteiger partial charge in [-0.3, -0.25) is 4.79 Å². The zero-order valence-electron chi connectivity index (χ0n) is 33.4. The van der Waals surface area contributed by atoms with Crippen molar-refractivity contribution in [1.29, 1.82) is 0 Å². The van der Waals surface area contributed by atoms with Gasteiger partial charge < -0.3 is 39.4 Å². The molecule has 0 aromatic carbocycles. The van der Waals surface area contributed by atoms with Gasteiger partial charge in [0.05, 0.1) is 19.8 Å². The number of carbonyl (C=O) groups excluding carboxylic acids is 1. The third kappa shape index (κ3) is 27.0. The summed E-state index contributed by atoms with van der Waals surface area (Å²) >= 11 is 0. The van der Waals surface area contributed by atoms with E-state index in [1.807, 2.05) is 0 Å². The molecule has 0 bridgehead atoms. The fourth-order valence-electron chi connectivity index (χ4n) is 5.61. The van der Waals surface area contributed by atoms with E-state index in [1.165, 1.54) is 0 Å². The Morgan fingerprint density at radius 2 is 1.07 bits per heavy atom. The second-order valence-electron chi connectivity index (χ2n) is 13.7. The van der Waals surface area contributed by atoms with Crippen LogP contribution in [0.2, 0.25) is 0 Å². The Bertz CT molecular complexity index is 1090. The minimum Gasteiger partial charge on any atom is -0.457 e. The van der Waals surface area contributed by atoms with Crippen LogP contribution >= 0.6 is 0 Å². The summed E-state index contributed by atoms with van der Waals surface area (Å²) in [5.74, 6) is -0.350. The van der Waals surface area contributed by atoms with Crippen LogP contribution in [-0.4, -0.2) is 89.6 Å². The number of unbranched alkanes of at least 4 members (excludes halogenated alkanes) is 8. The maximum absolute atomic E-state index is 12.7. The molecule has 9 nitrogen and oxygen atoms in total. The first kappa shape index (κ1) is 49.4. The Hall–Kier alpha value is -2.63. The lowest BCUT2D eigenvalue weighted by Crippen LogP contribution is -2.59. The summed E-state index contributed by atoms with van der Waals surface area (Å²) < 4.78 is 22.7. The van der Waals surface area contributed by atoms with Gasteiger partial charge in [0.2, 0.25) is 0 Å². The van der Waals surface area contributed by atoms with Crippen molar-refractivity contribution >= 4 is 5.97 Å². The Labute approximate surface area is 327 Å². The van der Waals surface area contributed by atoms with Crippen molar-refractivity contribution in [3.63, 3.8) is 0 Å². The highest BCUT2D eigenvalue weighted by molar-refractivity contribution is 5.69. The number of hydrogen-bond acceptors (Lipinski definition) is 9. The van der Waals surface area contributed by atoms with Crippen LogP contribution in [0.1, 0.15) is 129 Å². The maximum atomic E-state index is 12.7. The first-order chi connectivity index (χ1) is 26.4. The molecule has 1 rings (SSSR count). The smallest absolute Gasteiger partial charge is 0.306 e. The molecule has 9 heteroatoms. The molecule has 0 aromatic heterocycles. The SMILES string of the molecule is CC/C=C\C/C=C\C/C=C\C/C=C\CCCCCCC(=O)OC(COCCCCCC/C=C\C/C=C\C/C=C\CC)COC1OC(CO)C(O)C(O)C1O. The van der Waals surface area contributed by atoms with Gasteiger partial charge in [0.25, 0.3) is 0 Å². The van der Waals surface area contributed by atoms with Crippen LogP contribution in [0.5, 0.6) is 0 Å². The number of allylic oxidation sites excluding steroid dienone is 14. The van der Waals surface area contributed by atoms with Crippen LogP contribution in [0.3, 0.4) is 0 Å². The maximum Gasteiger partial charge on any atom is 0.306 e. The highest BCUT2D eigenvalue weighted by Gasteiger charge is 2.44. The van der Waals surface area contributed by atoms with Crippen LogP contribution in [0.15, 0.2) is 85.1 Å². The van der Waals surface area contributed by atoms with Gasteiger partial charge in [0.15, 0.2) is 6.29 Å². The highest BCUT2D eigenvalue weighted by Crippen LogP contribution is 2.22. The second kappa shape index (κ2) is 36.0. The van der Waals surface area contributed by atoms with Crippen molar-refractivity contribution in [3.8, 4) is 0 Å². The number of aliphatic hydroxyl groups excluding tert-OH is 4. The minimum absolute atomic E-state index is 0.114. The lowest BCUT2D eigenvalue weighted by Gasteiger charge is -2.39. The molecule has 0 aliphatic carbocycles. The third-order valence-electron chi connectivity index (χ3n) is 8.81. The molecule has 54 heavy (non-hydrogen) atoms. The molecule has 1 fully saturated rings. The highest BCUT2D eigenvalue weighted by atomic mass is 16.7. The molecule has 6 unspecified atom stereocenters. The zero-order valence-corrected chi connectivity index (χ0v) is 33.4. The number of hydrogen-bond donors (Lipinski definition) is 4. The predicted octanol–water partition coefficient (Wildman–Crippen LogP) is 8.69. The zero-order chi connectivity index (χ0) is 39.3. The monoisotopic (exact) mass is 759 g/mol. The second-order valence-corrected chi connectivity index (χ2v) is 13.7. The van der Waals surface area contributed by atoms with E-state index in [0.29, 0.717) is 6.61 Å². The van der Waals surface area contributed by atoms with E-state index in [1.54, 1.807) is 0 Å². The van der Waals surface area contributed by atoms with E-state index in [2.05, 4.69) is 98.9 Å². The van der Waals surface area contributed by atoms with Crippen LogP contribution in [-0.2, 0) is 23.7 Å². The van der Waals surface area contributed by atoms with Crippen molar-refractivity contribution in [2.75, 3.05) is 26.4 Å². The Kier molecular flexibility index (Phi) is 33.0. The summed E-state index contributed by atoms with van der Waals surface area (Å²) in [6.07, 6.45) is 40.3. The number of aliphatic hydroxyl groups is 4. The molecular weight excluding hydrogens is 684 g/mol. The molecule has 0 spiro atoms. The predicted molar refractivity (Wildman–Crippen MR) is 219 cm³/mol. The van der Waals surface area contributed by atoms with Crippen molar-refractivity contribution in [2.24, 2.45) is 0 Å². The molecule has 1 aliphatic rings. The van der Waals surface area contributed by atoms with Crippen LogP contribution in [0.4, 0.5) is 0 Å². The summed E-state index contributed by atoms with van der Waals surface area (Å²) in [5.41, 5.74) is 0. The quantitative estimate of drug-likeness (QED) is 0.0295. The first-order valence-corrected chi connectivity index (χ1v) is 20.7. The summed E-state index contributed by atoms with van der Waals surface area (Å²) in [5, 5.41) is 40.0. The number of ether oxygens (including phenoxy) is 4. The summed E-state index contributed by atoms with van der Waals surface area (Å²) in [7, 11) is 0. The van der Waals surface area contributed by atoms with E-state index in [4.69, 9.17) is 18.9 Å². The van der Waals surface area contributed by atoms with E-state index in [-0.39, 0.29) is 25.6 Å². The van der Waals surface area contributed by atoms with Gasteiger partial charge in [-0.25, -0.2) is 0 Å². The summed E-state index contributed by atoms with van der Waals surface area (Å²) in [4.78, 5) is 12.7. The molecule has 6 atom stereocenters. The number of carbonyl (C=O) groups is 1. The number of esters is 1. The Morgan fingerprint density at radius 1 is 0.593 bits per heavy atom. The van der Waals surface area contributed by atoms with E-state index in [0.717, 1.165) is 109 Å². The fraction of sp³-hybridized carbons (Fsp3) is 0.667. The van der Waals surface area contributed by atoms with Gasteiger partial charge in [-0.1, -0.05) is 125 Å². The van der Waals surface area contributed by atoms with Gasteiger partial charge in [-0.05, 0) is 83.5 Å². The Morgan fingerprint density at radius 3 is 1.59 bits per heavy atom. The molecule has 0 saturated carbocycles. The molecule has 1 heterocycles. The average molecular weight is 759 g/mol. The van der Waals surface area contributed by atoms with Gasteiger partial charge in [0, 0.05) is 13.0 Å². The molecule has 308 valence electrons. The van der Waals surface area contributed by atoms with Crippen molar-refractivity contribution in [3.05, 3.63) is 85.1 Å². The topological polar surface area (TPSA) is 135 Å². The molecule has 0 radical (unpaired) electrons. The van der Waals surface area contributed by atoms with Gasteiger partial charge in [-0.2, -0.15) is 0 Å². The van der Waals surface area contributed by atoms with Gasteiger partial charge in [0.1, 0.15) is 30.5 Å². The molecule has 1 saturated heterocycles. The van der Waals surface area contributed by atoms with E-state index in [9.17, 15) is 25.2 Å². The molecule has 0 aromatic rings. The lowest BCUT2D eigenvalue weighted by atomic mass is 9.99. The summed E-state index contributed by atoms with van der Waals surface area (Å²) in [6.45, 7) is 4.21. The van der Waals surface area contributed by atoms with Gasteiger partial charge in [-0.15, -0.1) is 0 Å². The molecule has 0 amide bonds. The fourth-order valence-corrected chi connectivity index (χ4v) is 5.61.